The molecule has 0 heterocycles. The minimum absolute atomic E-state index is 0.278. The van der Waals surface area contributed by atoms with Crippen LogP contribution in [0, 0.1) is 11.3 Å². The lowest BCUT2D eigenvalue weighted by Crippen LogP contribution is -1.75. The Morgan fingerprint density at radius 3 is 2.69 bits per heavy atom. The van der Waals surface area contributed by atoms with Crippen LogP contribution in [0.3, 0.4) is 0 Å². The number of rotatable bonds is 2. The first-order valence-electron chi connectivity index (χ1n) is 5.06. The molecule has 0 saturated heterocycles. The molecular formula is C14H11NO. The van der Waals surface area contributed by atoms with E-state index in [0.29, 0.717) is 6.42 Å². The maximum Gasteiger partial charge on any atom is 0.116 e. The van der Waals surface area contributed by atoms with Gasteiger partial charge in [0.25, 0.3) is 0 Å². The highest BCUT2D eigenvalue weighted by atomic mass is 16.3. The molecule has 78 valence electrons. The Morgan fingerprint density at radius 2 is 1.88 bits per heavy atom. The predicted molar refractivity (Wildman–Crippen MR) is 64.9 cm³/mol. The molecule has 0 radical (unpaired) electrons. The van der Waals surface area contributed by atoms with E-state index in [-0.39, 0.29) is 5.75 Å². The molecule has 0 saturated carbocycles. The topological polar surface area (TPSA) is 44.0 Å². The van der Waals surface area contributed by atoms with Crippen LogP contribution in [0.1, 0.15) is 12.0 Å². The molecule has 0 amide bonds. The van der Waals surface area contributed by atoms with Crippen LogP contribution in [0.25, 0.3) is 16.8 Å². The normalized spacial score (nSPS) is 10.7. The van der Waals surface area contributed by atoms with Gasteiger partial charge in [-0.05, 0) is 34.5 Å². The monoisotopic (exact) mass is 209 g/mol. The van der Waals surface area contributed by atoms with E-state index >= 15 is 0 Å². The van der Waals surface area contributed by atoms with E-state index in [2.05, 4.69) is 6.07 Å². The summed E-state index contributed by atoms with van der Waals surface area (Å²) >= 11 is 0. The van der Waals surface area contributed by atoms with Crippen LogP contribution in [0.2, 0.25) is 0 Å². The van der Waals surface area contributed by atoms with Crippen molar-refractivity contribution < 1.29 is 5.11 Å². The van der Waals surface area contributed by atoms with E-state index in [1.54, 1.807) is 12.1 Å². The van der Waals surface area contributed by atoms with E-state index in [4.69, 9.17) is 5.26 Å². The molecule has 2 aromatic rings. The Balaban J connectivity index is 2.38. The number of phenols is 1. The summed E-state index contributed by atoms with van der Waals surface area (Å²) in [6, 6.07) is 13.3. The highest BCUT2D eigenvalue weighted by Crippen LogP contribution is 2.21. The molecule has 2 aromatic carbocycles. The molecule has 0 spiro atoms. The smallest absolute Gasteiger partial charge is 0.116 e. The predicted octanol–water partition coefficient (Wildman–Crippen LogP) is 3.47. The van der Waals surface area contributed by atoms with E-state index in [9.17, 15) is 5.11 Å². The fraction of sp³-hybridized carbons (Fsp3) is 0.0714. The highest BCUT2D eigenvalue weighted by Gasteiger charge is 1.95. The van der Waals surface area contributed by atoms with Crippen molar-refractivity contribution in [3.63, 3.8) is 0 Å². The van der Waals surface area contributed by atoms with E-state index in [0.717, 1.165) is 16.3 Å². The van der Waals surface area contributed by atoms with Crippen LogP contribution in [-0.2, 0) is 0 Å². The van der Waals surface area contributed by atoms with Gasteiger partial charge in [0, 0.05) is 0 Å². The number of allylic oxidation sites excluding steroid dienone is 1. The number of hydrogen-bond donors (Lipinski definition) is 1. The fourth-order valence-corrected chi connectivity index (χ4v) is 1.60. The average molecular weight is 209 g/mol. The van der Waals surface area contributed by atoms with Crippen molar-refractivity contribution in [2.24, 2.45) is 0 Å². The summed E-state index contributed by atoms with van der Waals surface area (Å²) in [5, 5.41) is 19.8. The summed E-state index contributed by atoms with van der Waals surface area (Å²) in [5.41, 5.74) is 1.06. The summed E-state index contributed by atoms with van der Waals surface area (Å²) in [6.45, 7) is 0. The van der Waals surface area contributed by atoms with Crippen molar-refractivity contribution in [1.29, 1.82) is 5.26 Å². The summed E-state index contributed by atoms with van der Waals surface area (Å²) in [4.78, 5) is 0. The molecule has 16 heavy (non-hydrogen) atoms. The summed E-state index contributed by atoms with van der Waals surface area (Å²) in [7, 11) is 0. The van der Waals surface area contributed by atoms with Gasteiger partial charge in [0.15, 0.2) is 0 Å². The summed E-state index contributed by atoms with van der Waals surface area (Å²) in [6.07, 6.45) is 4.19. The van der Waals surface area contributed by atoms with Crippen molar-refractivity contribution >= 4 is 16.8 Å². The summed E-state index contributed by atoms with van der Waals surface area (Å²) < 4.78 is 0. The minimum Gasteiger partial charge on any atom is -0.508 e. The number of nitrogens with zero attached hydrogens (tertiary/aromatic N) is 1. The van der Waals surface area contributed by atoms with Crippen molar-refractivity contribution in [1.82, 2.24) is 0 Å². The van der Waals surface area contributed by atoms with Gasteiger partial charge in [0.1, 0.15) is 5.75 Å². The summed E-state index contributed by atoms with van der Waals surface area (Å²) in [5.74, 6) is 0.278. The van der Waals surface area contributed by atoms with Gasteiger partial charge in [-0.3, -0.25) is 0 Å². The second kappa shape index (κ2) is 4.50. The molecule has 2 rings (SSSR count). The molecule has 0 aliphatic carbocycles. The molecule has 0 fully saturated rings. The Hall–Kier alpha value is -2.27. The standard InChI is InChI=1S/C14H11NO/c15-8-2-1-3-11-4-5-13-10-14(16)7-6-12(13)9-11/h1,3-7,9-10,16H,2H2. The second-order valence-corrected chi connectivity index (χ2v) is 3.56. The molecule has 0 unspecified atom stereocenters. The molecule has 0 bridgehead atoms. The van der Waals surface area contributed by atoms with E-state index < -0.39 is 0 Å². The number of aromatic hydroxyl groups is 1. The van der Waals surface area contributed by atoms with Crippen LogP contribution < -0.4 is 0 Å². The lowest BCUT2D eigenvalue weighted by molar-refractivity contribution is 0.476. The molecule has 1 N–H and O–H groups in total. The van der Waals surface area contributed by atoms with Crippen molar-refractivity contribution in [2.45, 2.75) is 6.42 Å². The first-order chi connectivity index (χ1) is 7.79. The zero-order valence-corrected chi connectivity index (χ0v) is 8.72. The molecule has 2 nitrogen and oxygen atoms in total. The number of fused-ring (bicyclic) bond motifs is 1. The van der Waals surface area contributed by atoms with Crippen molar-refractivity contribution in [2.75, 3.05) is 0 Å². The molecule has 0 aliphatic heterocycles. The second-order valence-electron chi connectivity index (χ2n) is 3.56. The van der Waals surface area contributed by atoms with Gasteiger partial charge < -0.3 is 5.11 Å². The maximum atomic E-state index is 9.32. The molecule has 0 aromatic heterocycles. The lowest BCUT2D eigenvalue weighted by Gasteiger charge is -2.00. The van der Waals surface area contributed by atoms with Gasteiger partial charge >= 0.3 is 0 Å². The quantitative estimate of drug-likeness (QED) is 0.822. The van der Waals surface area contributed by atoms with Crippen LogP contribution in [-0.4, -0.2) is 5.11 Å². The molecule has 0 atom stereocenters. The fourth-order valence-electron chi connectivity index (χ4n) is 1.60. The van der Waals surface area contributed by atoms with Gasteiger partial charge in [-0.15, -0.1) is 0 Å². The number of phenolic OH excluding ortho intramolecular Hbond substituents is 1. The van der Waals surface area contributed by atoms with Crippen molar-refractivity contribution in [3.8, 4) is 11.8 Å². The zero-order chi connectivity index (χ0) is 11.4. The Morgan fingerprint density at radius 1 is 1.12 bits per heavy atom. The first kappa shape index (κ1) is 10.3. The van der Waals surface area contributed by atoms with Gasteiger partial charge in [0.05, 0.1) is 12.5 Å². The van der Waals surface area contributed by atoms with Crippen LogP contribution >= 0.6 is 0 Å². The first-order valence-corrected chi connectivity index (χ1v) is 5.06. The SMILES string of the molecule is N#CCC=Cc1ccc2cc(O)ccc2c1. The van der Waals surface area contributed by atoms with Gasteiger partial charge in [-0.2, -0.15) is 5.26 Å². The number of nitriles is 1. The maximum absolute atomic E-state index is 9.32. The van der Waals surface area contributed by atoms with Gasteiger partial charge in [-0.1, -0.05) is 30.4 Å². The van der Waals surface area contributed by atoms with E-state index in [1.807, 2.05) is 36.4 Å². The van der Waals surface area contributed by atoms with Crippen LogP contribution in [0.5, 0.6) is 5.75 Å². The molecule has 0 aliphatic rings. The third-order valence-electron chi connectivity index (χ3n) is 2.37. The van der Waals surface area contributed by atoms with Crippen LogP contribution in [0.15, 0.2) is 42.5 Å². The van der Waals surface area contributed by atoms with E-state index in [1.165, 1.54) is 0 Å². The minimum atomic E-state index is 0.278. The Labute approximate surface area is 94.1 Å². The Kier molecular flexibility index (Phi) is 2.88. The molecular weight excluding hydrogens is 198 g/mol. The number of hydrogen-bond acceptors (Lipinski definition) is 2. The average Bonchev–Trinajstić information content (AvgIpc) is 2.29. The third-order valence-corrected chi connectivity index (χ3v) is 2.37. The van der Waals surface area contributed by atoms with Gasteiger partial charge in [0.2, 0.25) is 0 Å². The lowest BCUT2D eigenvalue weighted by atomic mass is 10.1. The van der Waals surface area contributed by atoms with Crippen molar-refractivity contribution in [3.05, 3.63) is 48.0 Å². The largest absolute Gasteiger partial charge is 0.508 e. The van der Waals surface area contributed by atoms with Crippen LogP contribution in [0.4, 0.5) is 0 Å². The van der Waals surface area contributed by atoms with Gasteiger partial charge in [-0.25, -0.2) is 0 Å². The number of benzene rings is 2. The Bertz CT molecular complexity index is 579. The zero-order valence-electron chi connectivity index (χ0n) is 8.72. The third kappa shape index (κ3) is 2.21. The highest BCUT2D eigenvalue weighted by molar-refractivity contribution is 5.85. The molecule has 2 heteroatoms.